The molecule has 1 aliphatic rings. The highest BCUT2D eigenvalue weighted by Crippen LogP contribution is 2.14. The lowest BCUT2D eigenvalue weighted by atomic mass is 10.0. The maximum Gasteiger partial charge on any atom is 0.317 e. The molecular weight excluding hydrogens is 246 g/mol. The van der Waals surface area contributed by atoms with Crippen molar-refractivity contribution < 1.29 is 14.0 Å². The number of furan rings is 1. The van der Waals surface area contributed by atoms with Crippen molar-refractivity contribution in [3.63, 3.8) is 0 Å². The van der Waals surface area contributed by atoms with Gasteiger partial charge < -0.3 is 19.5 Å². The molecule has 0 bridgehead atoms. The second kappa shape index (κ2) is 5.77. The van der Waals surface area contributed by atoms with Crippen LogP contribution in [0.25, 0.3) is 0 Å². The lowest BCUT2D eigenvalue weighted by Gasteiger charge is -2.32. The minimum absolute atomic E-state index is 0.0811. The fourth-order valence-electron chi connectivity index (χ4n) is 2.09. The summed E-state index contributed by atoms with van der Waals surface area (Å²) in [5, 5.41) is 2.94. The second-order valence-corrected chi connectivity index (χ2v) is 4.89. The molecule has 0 atom stereocenters. The summed E-state index contributed by atoms with van der Waals surface area (Å²) in [4.78, 5) is 26.8. The number of hydrogen-bond acceptors (Lipinski definition) is 3. The highest BCUT2D eigenvalue weighted by Gasteiger charge is 2.25. The van der Waals surface area contributed by atoms with E-state index in [1.54, 1.807) is 31.1 Å². The number of urea groups is 1. The van der Waals surface area contributed by atoms with Crippen molar-refractivity contribution in [1.29, 1.82) is 0 Å². The molecule has 0 spiro atoms. The Morgan fingerprint density at radius 3 is 2.58 bits per heavy atom. The zero-order valence-electron chi connectivity index (χ0n) is 11.3. The van der Waals surface area contributed by atoms with Crippen molar-refractivity contribution >= 4 is 11.9 Å². The van der Waals surface area contributed by atoms with E-state index in [-0.39, 0.29) is 18.0 Å². The molecule has 6 heteroatoms. The fraction of sp³-hybridized carbons (Fsp3) is 0.538. The Balaban J connectivity index is 1.82. The van der Waals surface area contributed by atoms with Gasteiger partial charge in [0.2, 0.25) is 0 Å². The maximum atomic E-state index is 12.0. The van der Waals surface area contributed by atoms with Crippen molar-refractivity contribution in [3.05, 3.63) is 24.2 Å². The van der Waals surface area contributed by atoms with Crippen LogP contribution in [0.1, 0.15) is 23.4 Å². The Morgan fingerprint density at radius 1 is 1.37 bits per heavy atom. The monoisotopic (exact) mass is 265 g/mol. The van der Waals surface area contributed by atoms with Crippen LogP contribution in [0.5, 0.6) is 0 Å². The number of carbonyl (C=O) groups excluding carboxylic acids is 2. The first kappa shape index (κ1) is 13.5. The molecule has 0 saturated carbocycles. The molecule has 1 aromatic rings. The van der Waals surface area contributed by atoms with E-state index in [0.29, 0.717) is 18.8 Å². The van der Waals surface area contributed by atoms with Gasteiger partial charge in [-0.2, -0.15) is 0 Å². The summed E-state index contributed by atoms with van der Waals surface area (Å²) in [7, 11) is 3.43. The average Bonchev–Trinajstić information content (AvgIpc) is 2.92. The molecule has 3 amide bonds. The standard InChI is InChI=1S/C13H19N3O3/c1-15(2)13(18)14-10-5-7-16(8-6-10)12(17)11-4-3-9-19-11/h3-4,9-10H,5-8H2,1-2H3,(H,14,18). The molecule has 1 fully saturated rings. The molecule has 2 rings (SSSR count). The molecule has 0 radical (unpaired) electrons. The van der Waals surface area contributed by atoms with Gasteiger partial charge in [-0.3, -0.25) is 4.79 Å². The molecule has 0 aromatic carbocycles. The molecule has 6 nitrogen and oxygen atoms in total. The third kappa shape index (κ3) is 3.27. The smallest absolute Gasteiger partial charge is 0.317 e. The van der Waals surface area contributed by atoms with E-state index in [0.717, 1.165) is 12.8 Å². The summed E-state index contributed by atoms with van der Waals surface area (Å²) in [6, 6.07) is 3.42. The van der Waals surface area contributed by atoms with Gasteiger partial charge in [0.25, 0.3) is 5.91 Å². The first-order valence-electron chi connectivity index (χ1n) is 6.38. The first-order chi connectivity index (χ1) is 9.08. The first-order valence-corrected chi connectivity index (χ1v) is 6.38. The largest absolute Gasteiger partial charge is 0.459 e. The van der Waals surface area contributed by atoms with Gasteiger partial charge in [0.15, 0.2) is 5.76 Å². The summed E-state index contributed by atoms with van der Waals surface area (Å²) in [5.74, 6) is 0.290. The molecule has 1 saturated heterocycles. The molecule has 19 heavy (non-hydrogen) atoms. The van der Waals surface area contributed by atoms with Gasteiger partial charge >= 0.3 is 6.03 Å². The number of hydrogen-bond donors (Lipinski definition) is 1. The number of rotatable bonds is 2. The highest BCUT2D eigenvalue weighted by molar-refractivity contribution is 5.91. The zero-order chi connectivity index (χ0) is 13.8. The van der Waals surface area contributed by atoms with Gasteiger partial charge in [-0.15, -0.1) is 0 Å². The predicted octanol–water partition coefficient (Wildman–Crippen LogP) is 1.16. The van der Waals surface area contributed by atoms with Gasteiger partial charge in [0.05, 0.1) is 6.26 Å². The van der Waals surface area contributed by atoms with Crippen molar-refractivity contribution in [2.24, 2.45) is 0 Å². The molecular formula is C13H19N3O3. The Morgan fingerprint density at radius 2 is 2.05 bits per heavy atom. The van der Waals surface area contributed by atoms with Crippen molar-refractivity contribution in [3.8, 4) is 0 Å². The number of carbonyl (C=O) groups is 2. The number of likely N-dealkylation sites (tertiary alicyclic amines) is 1. The van der Waals surface area contributed by atoms with E-state index in [2.05, 4.69) is 5.32 Å². The zero-order valence-corrected chi connectivity index (χ0v) is 11.3. The Labute approximate surface area is 112 Å². The van der Waals surface area contributed by atoms with Crippen LogP contribution >= 0.6 is 0 Å². The van der Waals surface area contributed by atoms with Crippen LogP contribution < -0.4 is 5.32 Å². The summed E-state index contributed by atoms with van der Waals surface area (Å²) >= 11 is 0. The van der Waals surface area contributed by atoms with Crippen LogP contribution in [-0.2, 0) is 0 Å². The quantitative estimate of drug-likeness (QED) is 0.872. The summed E-state index contributed by atoms with van der Waals surface area (Å²) in [6.07, 6.45) is 3.04. The maximum absolute atomic E-state index is 12.0. The predicted molar refractivity (Wildman–Crippen MR) is 69.9 cm³/mol. The van der Waals surface area contributed by atoms with Gasteiger partial charge in [0, 0.05) is 33.2 Å². The summed E-state index contributed by atoms with van der Waals surface area (Å²) < 4.78 is 5.10. The lowest BCUT2D eigenvalue weighted by molar-refractivity contribution is 0.0675. The van der Waals surface area contributed by atoms with Crippen LogP contribution in [0.15, 0.2) is 22.8 Å². The summed E-state index contributed by atoms with van der Waals surface area (Å²) in [6.45, 7) is 1.27. The molecule has 1 aromatic heterocycles. The number of piperidine rings is 1. The number of amides is 3. The normalized spacial score (nSPS) is 16.2. The average molecular weight is 265 g/mol. The van der Waals surface area contributed by atoms with Crippen LogP contribution in [0, 0.1) is 0 Å². The van der Waals surface area contributed by atoms with Crippen LogP contribution in [0.3, 0.4) is 0 Å². The minimum Gasteiger partial charge on any atom is -0.459 e. The van der Waals surface area contributed by atoms with Crippen LogP contribution in [-0.4, -0.2) is 55.0 Å². The number of nitrogens with zero attached hydrogens (tertiary/aromatic N) is 2. The molecule has 104 valence electrons. The SMILES string of the molecule is CN(C)C(=O)NC1CCN(C(=O)c2ccco2)CC1. The van der Waals surface area contributed by atoms with Crippen LogP contribution in [0.2, 0.25) is 0 Å². The van der Waals surface area contributed by atoms with E-state index in [1.165, 1.54) is 11.2 Å². The van der Waals surface area contributed by atoms with E-state index >= 15 is 0 Å². The van der Waals surface area contributed by atoms with Gasteiger partial charge in [0.1, 0.15) is 0 Å². The Kier molecular flexibility index (Phi) is 4.09. The molecule has 1 N–H and O–H groups in total. The fourth-order valence-corrected chi connectivity index (χ4v) is 2.09. The molecule has 1 aliphatic heterocycles. The minimum atomic E-state index is -0.0872. The van der Waals surface area contributed by atoms with E-state index < -0.39 is 0 Å². The van der Waals surface area contributed by atoms with Crippen molar-refractivity contribution in [1.82, 2.24) is 15.1 Å². The van der Waals surface area contributed by atoms with E-state index in [9.17, 15) is 9.59 Å². The highest BCUT2D eigenvalue weighted by atomic mass is 16.3. The van der Waals surface area contributed by atoms with Crippen LogP contribution in [0.4, 0.5) is 4.79 Å². The van der Waals surface area contributed by atoms with E-state index in [4.69, 9.17) is 4.42 Å². The van der Waals surface area contributed by atoms with Crippen molar-refractivity contribution in [2.75, 3.05) is 27.2 Å². The molecule has 0 aliphatic carbocycles. The molecule has 2 heterocycles. The lowest BCUT2D eigenvalue weighted by Crippen LogP contribution is -2.48. The number of nitrogens with one attached hydrogen (secondary N) is 1. The van der Waals surface area contributed by atoms with Gasteiger partial charge in [-0.05, 0) is 25.0 Å². The third-order valence-corrected chi connectivity index (χ3v) is 3.25. The Bertz CT molecular complexity index is 434. The third-order valence-electron chi connectivity index (χ3n) is 3.25. The van der Waals surface area contributed by atoms with E-state index in [1.807, 2.05) is 0 Å². The summed E-state index contributed by atoms with van der Waals surface area (Å²) in [5.41, 5.74) is 0. The van der Waals surface area contributed by atoms with Gasteiger partial charge in [-0.1, -0.05) is 0 Å². The Hall–Kier alpha value is -1.98. The topological polar surface area (TPSA) is 65.8 Å². The van der Waals surface area contributed by atoms with Crippen molar-refractivity contribution in [2.45, 2.75) is 18.9 Å². The van der Waals surface area contributed by atoms with Gasteiger partial charge in [-0.25, -0.2) is 4.79 Å². The molecule has 0 unspecified atom stereocenters. The second-order valence-electron chi connectivity index (χ2n) is 4.89.